The van der Waals surface area contributed by atoms with Crippen molar-refractivity contribution in [1.29, 1.82) is 0 Å². The number of carbonyl (C=O) groups excluding carboxylic acids is 2. The summed E-state index contributed by atoms with van der Waals surface area (Å²) in [4.78, 5) is 23.5. The lowest BCUT2D eigenvalue weighted by atomic mass is 10.1. The predicted molar refractivity (Wildman–Crippen MR) is 67.6 cm³/mol. The summed E-state index contributed by atoms with van der Waals surface area (Å²) in [5, 5.41) is 20.7. The number of Topliss-reactive ketones (excluding diaryl/α,β-unsaturated/α-hetero) is 1. The van der Waals surface area contributed by atoms with Gasteiger partial charge in [0.05, 0.1) is 6.10 Å². The van der Waals surface area contributed by atoms with Crippen molar-refractivity contribution in [2.75, 3.05) is 13.4 Å². The molecule has 0 unspecified atom stereocenters. The van der Waals surface area contributed by atoms with Crippen LogP contribution in [0.25, 0.3) is 0 Å². The number of hydrogen-bond donors (Lipinski definition) is 3. The molecule has 1 aliphatic heterocycles. The molecule has 0 aromatic heterocycles. The average molecular weight is 281 g/mol. The minimum atomic E-state index is -1.15. The van der Waals surface area contributed by atoms with E-state index in [-0.39, 0.29) is 12.4 Å². The van der Waals surface area contributed by atoms with Gasteiger partial charge in [0.15, 0.2) is 17.3 Å². The summed E-state index contributed by atoms with van der Waals surface area (Å²) in [5.74, 6) is -0.218. The maximum absolute atomic E-state index is 12.0. The van der Waals surface area contributed by atoms with Crippen LogP contribution in [0.3, 0.4) is 0 Å². The molecule has 1 aromatic carbocycles. The fourth-order valence-corrected chi connectivity index (χ4v) is 1.83. The van der Waals surface area contributed by atoms with E-state index >= 15 is 0 Å². The number of ketones is 1. The normalized spacial score (nSPS) is 15.6. The van der Waals surface area contributed by atoms with Gasteiger partial charge in [-0.25, -0.2) is 0 Å². The Hall–Kier alpha value is -2.12. The van der Waals surface area contributed by atoms with Crippen molar-refractivity contribution in [1.82, 2.24) is 5.32 Å². The molecule has 1 aromatic rings. The van der Waals surface area contributed by atoms with Gasteiger partial charge in [0.2, 0.25) is 6.79 Å². The minimum Gasteiger partial charge on any atom is -0.454 e. The molecule has 0 bridgehead atoms. The highest BCUT2D eigenvalue weighted by Gasteiger charge is 2.26. The number of fused-ring (bicyclic) bond motifs is 1. The van der Waals surface area contributed by atoms with Crippen molar-refractivity contribution in [2.45, 2.75) is 19.1 Å². The van der Waals surface area contributed by atoms with Gasteiger partial charge in [0.25, 0.3) is 5.91 Å². The minimum absolute atomic E-state index is 0.0969. The number of nitrogens with one attached hydrogen (secondary N) is 1. The van der Waals surface area contributed by atoms with E-state index in [4.69, 9.17) is 14.6 Å². The SMILES string of the molecule is C[C@@H](O)[C@H](NC(=O)c1ccc2c(c1)OCO2)C(=O)CO. The lowest BCUT2D eigenvalue weighted by Crippen LogP contribution is -2.48. The summed E-state index contributed by atoms with van der Waals surface area (Å²) >= 11 is 0. The van der Waals surface area contributed by atoms with E-state index in [1.54, 1.807) is 6.07 Å². The summed E-state index contributed by atoms with van der Waals surface area (Å²) in [6.45, 7) is 0.703. The zero-order chi connectivity index (χ0) is 14.7. The Morgan fingerprint density at radius 2 is 2.05 bits per heavy atom. The molecule has 0 spiro atoms. The molecular weight excluding hydrogens is 266 g/mol. The van der Waals surface area contributed by atoms with Crippen LogP contribution in [0.4, 0.5) is 0 Å². The van der Waals surface area contributed by atoms with E-state index in [1.165, 1.54) is 19.1 Å². The van der Waals surface area contributed by atoms with Gasteiger partial charge in [-0.15, -0.1) is 0 Å². The van der Waals surface area contributed by atoms with Gasteiger partial charge < -0.3 is 25.0 Å². The molecule has 7 heteroatoms. The fraction of sp³-hybridized carbons (Fsp3) is 0.385. The topological polar surface area (TPSA) is 105 Å². The van der Waals surface area contributed by atoms with Gasteiger partial charge in [-0.1, -0.05) is 0 Å². The molecule has 0 radical (unpaired) electrons. The summed E-state index contributed by atoms with van der Waals surface area (Å²) in [6.07, 6.45) is -1.10. The molecule has 2 atom stereocenters. The molecule has 7 nitrogen and oxygen atoms in total. The predicted octanol–water partition coefficient (Wildman–Crippen LogP) is -0.544. The highest BCUT2D eigenvalue weighted by Crippen LogP contribution is 2.32. The van der Waals surface area contributed by atoms with E-state index < -0.39 is 30.4 Å². The molecule has 0 saturated heterocycles. The molecule has 1 heterocycles. The molecule has 20 heavy (non-hydrogen) atoms. The Bertz CT molecular complexity index is 528. The Balaban J connectivity index is 2.12. The van der Waals surface area contributed by atoms with Crippen LogP contribution in [0.15, 0.2) is 18.2 Å². The Morgan fingerprint density at radius 3 is 2.70 bits per heavy atom. The van der Waals surface area contributed by atoms with Crippen LogP contribution in [0, 0.1) is 0 Å². The van der Waals surface area contributed by atoms with E-state index in [0.717, 1.165) is 0 Å². The zero-order valence-electron chi connectivity index (χ0n) is 10.8. The fourth-order valence-electron chi connectivity index (χ4n) is 1.83. The smallest absolute Gasteiger partial charge is 0.252 e. The summed E-state index contributed by atoms with van der Waals surface area (Å²) in [7, 11) is 0. The second-order valence-corrected chi connectivity index (χ2v) is 4.38. The Morgan fingerprint density at radius 1 is 1.35 bits per heavy atom. The van der Waals surface area contributed by atoms with Crippen LogP contribution in [-0.2, 0) is 4.79 Å². The van der Waals surface area contributed by atoms with Crippen LogP contribution < -0.4 is 14.8 Å². The maximum atomic E-state index is 12.0. The van der Waals surface area contributed by atoms with E-state index in [2.05, 4.69) is 5.32 Å². The first-order chi connectivity index (χ1) is 9.52. The number of aliphatic hydroxyl groups excluding tert-OH is 2. The molecule has 2 rings (SSSR count). The van der Waals surface area contributed by atoms with E-state index in [9.17, 15) is 14.7 Å². The summed E-state index contributed by atoms with van der Waals surface area (Å²) in [6, 6.07) is 3.44. The first kappa shape index (κ1) is 14.3. The molecule has 1 amide bonds. The number of carbonyl (C=O) groups is 2. The number of hydrogen-bond acceptors (Lipinski definition) is 6. The second kappa shape index (κ2) is 5.89. The van der Waals surface area contributed by atoms with E-state index in [0.29, 0.717) is 11.5 Å². The van der Waals surface area contributed by atoms with Crippen molar-refractivity contribution < 1.29 is 29.3 Å². The molecular formula is C13H15NO6. The molecule has 0 saturated carbocycles. The van der Waals surface area contributed by atoms with Gasteiger partial charge in [-0.05, 0) is 25.1 Å². The van der Waals surface area contributed by atoms with Gasteiger partial charge in [0.1, 0.15) is 12.6 Å². The maximum Gasteiger partial charge on any atom is 0.252 e. The molecule has 0 aliphatic carbocycles. The van der Waals surface area contributed by atoms with Crippen molar-refractivity contribution in [3.63, 3.8) is 0 Å². The Labute approximate surface area is 115 Å². The van der Waals surface area contributed by atoms with Crippen LogP contribution in [0.2, 0.25) is 0 Å². The third-order valence-electron chi connectivity index (χ3n) is 2.91. The third kappa shape index (κ3) is 2.89. The Kier molecular flexibility index (Phi) is 4.21. The first-order valence-corrected chi connectivity index (χ1v) is 6.05. The van der Waals surface area contributed by atoms with E-state index in [1.807, 2.05) is 0 Å². The second-order valence-electron chi connectivity index (χ2n) is 4.38. The molecule has 108 valence electrons. The van der Waals surface area contributed by atoms with Crippen LogP contribution in [0.5, 0.6) is 11.5 Å². The van der Waals surface area contributed by atoms with Gasteiger partial charge in [-0.2, -0.15) is 0 Å². The largest absolute Gasteiger partial charge is 0.454 e. The number of amides is 1. The first-order valence-electron chi connectivity index (χ1n) is 6.05. The average Bonchev–Trinajstić information content (AvgIpc) is 2.90. The molecule has 3 N–H and O–H groups in total. The molecule has 1 aliphatic rings. The quantitative estimate of drug-likeness (QED) is 0.669. The third-order valence-corrected chi connectivity index (χ3v) is 2.91. The number of ether oxygens (including phenoxy) is 2. The van der Waals surface area contributed by atoms with Gasteiger partial charge >= 0.3 is 0 Å². The van der Waals surface area contributed by atoms with Crippen LogP contribution in [0.1, 0.15) is 17.3 Å². The lowest BCUT2D eigenvalue weighted by molar-refractivity contribution is -0.125. The zero-order valence-corrected chi connectivity index (χ0v) is 10.8. The number of aliphatic hydroxyl groups is 2. The molecule has 0 fully saturated rings. The lowest BCUT2D eigenvalue weighted by Gasteiger charge is -2.19. The van der Waals surface area contributed by atoms with Crippen LogP contribution >= 0.6 is 0 Å². The number of rotatable bonds is 5. The summed E-state index contributed by atoms with van der Waals surface area (Å²) < 4.78 is 10.3. The van der Waals surface area contributed by atoms with Crippen molar-refractivity contribution in [2.24, 2.45) is 0 Å². The standard InChI is InChI=1S/C13H15NO6/c1-7(16)12(9(17)5-15)14-13(18)8-2-3-10-11(4-8)20-6-19-10/h2-4,7,12,15-16H,5-6H2,1H3,(H,14,18)/t7-,12+/m1/s1. The van der Waals surface area contributed by atoms with Crippen molar-refractivity contribution in [3.05, 3.63) is 23.8 Å². The summed E-state index contributed by atoms with van der Waals surface area (Å²) in [5.41, 5.74) is 0.269. The van der Waals surface area contributed by atoms with Gasteiger partial charge in [0, 0.05) is 5.56 Å². The highest BCUT2D eigenvalue weighted by atomic mass is 16.7. The highest BCUT2D eigenvalue weighted by molar-refractivity contribution is 5.98. The van der Waals surface area contributed by atoms with Crippen molar-refractivity contribution >= 4 is 11.7 Å². The van der Waals surface area contributed by atoms with Gasteiger partial charge in [-0.3, -0.25) is 9.59 Å². The van der Waals surface area contributed by atoms with Crippen molar-refractivity contribution in [3.8, 4) is 11.5 Å². The van der Waals surface area contributed by atoms with Crippen LogP contribution in [-0.4, -0.2) is 47.4 Å². The monoisotopic (exact) mass is 281 g/mol. The number of benzene rings is 1.